The van der Waals surface area contributed by atoms with Gasteiger partial charge in [0, 0.05) is 13.0 Å². The molecule has 1 saturated heterocycles. The minimum absolute atomic E-state index is 0.0248. The fourth-order valence-corrected chi connectivity index (χ4v) is 1.87. The topological polar surface area (TPSA) is 121 Å². The van der Waals surface area contributed by atoms with Crippen molar-refractivity contribution >= 4 is 17.8 Å². The van der Waals surface area contributed by atoms with E-state index in [0.29, 0.717) is 19.4 Å². The van der Waals surface area contributed by atoms with Gasteiger partial charge in [0.25, 0.3) is 0 Å². The lowest BCUT2D eigenvalue weighted by Crippen LogP contribution is -2.41. The predicted octanol–water partition coefficient (Wildman–Crippen LogP) is -0.746. The van der Waals surface area contributed by atoms with Crippen molar-refractivity contribution < 1.29 is 24.6 Å². The highest BCUT2D eigenvalue weighted by Crippen LogP contribution is 2.19. The zero-order valence-electron chi connectivity index (χ0n) is 9.33. The van der Waals surface area contributed by atoms with Gasteiger partial charge in [-0.3, -0.25) is 9.59 Å². The largest absolute Gasteiger partial charge is 0.480 e. The molecule has 1 aliphatic heterocycles. The fraction of sp³-hybridized carbons (Fsp3) is 0.700. The predicted molar refractivity (Wildman–Crippen MR) is 57.2 cm³/mol. The lowest BCUT2D eigenvalue weighted by Gasteiger charge is -2.21. The molecule has 1 rings (SSSR count). The molecule has 0 spiro atoms. The molecule has 1 amide bonds. The summed E-state index contributed by atoms with van der Waals surface area (Å²) in [5.41, 5.74) is 5.27. The Hall–Kier alpha value is -1.63. The fourth-order valence-electron chi connectivity index (χ4n) is 1.87. The van der Waals surface area contributed by atoms with Crippen LogP contribution in [0.4, 0.5) is 0 Å². The second-order valence-corrected chi connectivity index (χ2v) is 4.07. The van der Waals surface area contributed by atoms with E-state index < -0.39 is 24.0 Å². The van der Waals surface area contributed by atoms with E-state index in [1.165, 1.54) is 4.90 Å². The molecule has 2 atom stereocenters. The molecule has 1 aliphatic rings. The van der Waals surface area contributed by atoms with Gasteiger partial charge in [0.2, 0.25) is 5.91 Å². The molecule has 0 aliphatic carbocycles. The highest BCUT2D eigenvalue weighted by molar-refractivity contribution is 5.84. The normalized spacial score (nSPS) is 21.2. The van der Waals surface area contributed by atoms with E-state index in [2.05, 4.69) is 0 Å². The molecule has 96 valence electrons. The summed E-state index contributed by atoms with van der Waals surface area (Å²) < 4.78 is 0. The summed E-state index contributed by atoms with van der Waals surface area (Å²) in [6.07, 6.45) is 1.11. The summed E-state index contributed by atoms with van der Waals surface area (Å²) in [5, 5.41) is 17.4. The van der Waals surface area contributed by atoms with Gasteiger partial charge in [-0.1, -0.05) is 0 Å². The molecule has 1 heterocycles. The van der Waals surface area contributed by atoms with Crippen LogP contribution in [-0.2, 0) is 14.4 Å². The molecule has 17 heavy (non-hydrogen) atoms. The smallest absolute Gasteiger partial charge is 0.326 e. The third-order valence-electron chi connectivity index (χ3n) is 2.84. The van der Waals surface area contributed by atoms with Crippen molar-refractivity contribution in [1.82, 2.24) is 4.90 Å². The molecular weight excluding hydrogens is 228 g/mol. The Labute approximate surface area is 98.2 Å². The van der Waals surface area contributed by atoms with E-state index in [-0.39, 0.29) is 18.7 Å². The third kappa shape index (κ3) is 3.42. The molecular formula is C10H16N2O5. The number of carboxylic acid groups (broad SMARTS) is 2. The number of aliphatic carboxylic acids is 2. The van der Waals surface area contributed by atoms with Crippen molar-refractivity contribution in [1.29, 1.82) is 0 Å². The third-order valence-corrected chi connectivity index (χ3v) is 2.84. The van der Waals surface area contributed by atoms with Gasteiger partial charge in [0.1, 0.15) is 12.1 Å². The highest BCUT2D eigenvalue weighted by Gasteiger charge is 2.33. The van der Waals surface area contributed by atoms with E-state index in [9.17, 15) is 14.4 Å². The Kier molecular flexibility index (Phi) is 4.45. The molecule has 0 aromatic rings. The van der Waals surface area contributed by atoms with Crippen LogP contribution in [-0.4, -0.2) is 51.6 Å². The maximum atomic E-state index is 11.7. The SMILES string of the molecule is N[C@@H](CCC(=O)N1CCC[C@H]1C(=O)O)C(=O)O. The average molecular weight is 244 g/mol. The van der Waals surface area contributed by atoms with Crippen molar-refractivity contribution in [3.05, 3.63) is 0 Å². The first kappa shape index (κ1) is 13.4. The van der Waals surface area contributed by atoms with Crippen molar-refractivity contribution in [2.24, 2.45) is 5.73 Å². The molecule has 0 unspecified atom stereocenters. The van der Waals surface area contributed by atoms with Crippen LogP contribution >= 0.6 is 0 Å². The van der Waals surface area contributed by atoms with Gasteiger partial charge in [-0.25, -0.2) is 4.79 Å². The number of carboxylic acids is 2. The number of hydrogen-bond donors (Lipinski definition) is 3. The molecule has 4 N–H and O–H groups in total. The van der Waals surface area contributed by atoms with Crippen molar-refractivity contribution in [2.45, 2.75) is 37.8 Å². The second-order valence-electron chi connectivity index (χ2n) is 4.07. The maximum Gasteiger partial charge on any atom is 0.326 e. The van der Waals surface area contributed by atoms with Crippen molar-refractivity contribution in [3.8, 4) is 0 Å². The Bertz CT molecular complexity index is 331. The summed E-state index contributed by atoms with van der Waals surface area (Å²) in [7, 11) is 0. The van der Waals surface area contributed by atoms with Crippen molar-refractivity contribution in [2.75, 3.05) is 6.54 Å². The van der Waals surface area contributed by atoms with Crippen LogP contribution < -0.4 is 5.73 Å². The number of nitrogens with zero attached hydrogens (tertiary/aromatic N) is 1. The van der Waals surface area contributed by atoms with E-state index in [4.69, 9.17) is 15.9 Å². The van der Waals surface area contributed by atoms with Crippen LogP contribution in [0.25, 0.3) is 0 Å². The number of carbonyl (C=O) groups is 3. The molecule has 0 radical (unpaired) electrons. The van der Waals surface area contributed by atoms with Crippen LogP contribution in [0.15, 0.2) is 0 Å². The van der Waals surface area contributed by atoms with Gasteiger partial charge in [0.05, 0.1) is 0 Å². The Morgan fingerprint density at radius 3 is 2.53 bits per heavy atom. The lowest BCUT2D eigenvalue weighted by atomic mass is 10.1. The Balaban J connectivity index is 2.47. The van der Waals surface area contributed by atoms with Gasteiger partial charge in [-0.15, -0.1) is 0 Å². The zero-order chi connectivity index (χ0) is 13.0. The Morgan fingerprint density at radius 2 is 2.00 bits per heavy atom. The first-order chi connectivity index (χ1) is 7.93. The summed E-state index contributed by atoms with van der Waals surface area (Å²) >= 11 is 0. The molecule has 7 nitrogen and oxygen atoms in total. The van der Waals surface area contributed by atoms with Gasteiger partial charge in [0.15, 0.2) is 0 Å². The van der Waals surface area contributed by atoms with Crippen LogP contribution in [0.5, 0.6) is 0 Å². The van der Waals surface area contributed by atoms with E-state index >= 15 is 0 Å². The van der Waals surface area contributed by atoms with Crippen LogP contribution in [0.3, 0.4) is 0 Å². The number of nitrogens with two attached hydrogens (primary N) is 1. The summed E-state index contributed by atoms with van der Waals surface area (Å²) in [6, 6.07) is -1.85. The van der Waals surface area contributed by atoms with E-state index in [0.717, 1.165) is 0 Å². The van der Waals surface area contributed by atoms with Crippen LogP contribution in [0.2, 0.25) is 0 Å². The Morgan fingerprint density at radius 1 is 1.35 bits per heavy atom. The number of amides is 1. The van der Waals surface area contributed by atoms with Crippen LogP contribution in [0, 0.1) is 0 Å². The summed E-state index contributed by atoms with van der Waals surface area (Å²) in [5.74, 6) is -2.51. The number of hydrogen-bond acceptors (Lipinski definition) is 4. The van der Waals surface area contributed by atoms with Gasteiger partial charge < -0.3 is 20.8 Å². The molecule has 0 aromatic heterocycles. The molecule has 0 aromatic carbocycles. The summed E-state index contributed by atoms with van der Waals surface area (Å²) in [4.78, 5) is 34.3. The van der Waals surface area contributed by atoms with Crippen molar-refractivity contribution in [3.63, 3.8) is 0 Å². The molecule has 0 saturated carbocycles. The first-order valence-corrected chi connectivity index (χ1v) is 5.44. The number of carbonyl (C=O) groups excluding carboxylic acids is 1. The van der Waals surface area contributed by atoms with E-state index in [1.807, 2.05) is 0 Å². The average Bonchev–Trinajstić information content (AvgIpc) is 2.73. The quantitative estimate of drug-likeness (QED) is 0.585. The van der Waals surface area contributed by atoms with Gasteiger partial charge in [-0.05, 0) is 19.3 Å². The maximum absolute atomic E-state index is 11.7. The zero-order valence-corrected chi connectivity index (χ0v) is 9.33. The highest BCUT2D eigenvalue weighted by atomic mass is 16.4. The van der Waals surface area contributed by atoms with Crippen LogP contribution in [0.1, 0.15) is 25.7 Å². The number of rotatable bonds is 5. The monoisotopic (exact) mass is 244 g/mol. The summed E-state index contributed by atoms with van der Waals surface area (Å²) in [6.45, 7) is 0.415. The van der Waals surface area contributed by atoms with E-state index in [1.54, 1.807) is 0 Å². The molecule has 7 heteroatoms. The molecule has 0 bridgehead atoms. The second kappa shape index (κ2) is 5.62. The lowest BCUT2D eigenvalue weighted by molar-refractivity contribution is -0.148. The number of likely N-dealkylation sites (tertiary alicyclic amines) is 1. The first-order valence-electron chi connectivity index (χ1n) is 5.44. The van der Waals surface area contributed by atoms with Gasteiger partial charge >= 0.3 is 11.9 Å². The standard InChI is InChI=1S/C10H16N2O5/c11-6(9(14)15)3-4-8(13)12-5-1-2-7(12)10(16)17/h6-7H,1-5,11H2,(H,14,15)(H,16,17)/t6-,7-/m0/s1. The minimum atomic E-state index is -1.16. The minimum Gasteiger partial charge on any atom is -0.480 e. The molecule has 1 fully saturated rings. The van der Waals surface area contributed by atoms with Gasteiger partial charge in [-0.2, -0.15) is 0 Å².